The topological polar surface area (TPSA) is 94.5 Å². The summed E-state index contributed by atoms with van der Waals surface area (Å²) in [5.41, 5.74) is 2.01. The SMILES string of the molecule is C=CCNS(=O)(=O)c1cc(C(=O)OCC(=O)c2cc(C)n(CCC)c2C)ccc1F. The van der Waals surface area contributed by atoms with Gasteiger partial charge in [0.1, 0.15) is 10.7 Å². The first-order valence-corrected chi connectivity index (χ1v) is 10.9. The Labute approximate surface area is 175 Å². The number of ether oxygens (including phenoxy) is 1. The molecule has 0 saturated carbocycles. The molecule has 0 unspecified atom stereocenters. The number of esters is 1. The molecule has 0 aliphatic rings. The number of hydrogen-bond acceptors (Lipinski definition) is 5. The van der Waals surface area contributed by atoms with E-state index in [-0.39, 0.29) is 17.9 Å². The fourth-order valence-corrected chi connectivity index (χ4v) is 4.13. The molecule has 162 valence electrons. The van der Waals surface area contributed by atoms with Gasteiger partial charge in [-0.25, -0.2) is 22.3 Å². The van der Waals surface area contributed by atoms with E-state index in [0.717, 1.165) is 42.6 Å². The maximum atomic E-state index is 14.0. The van der Waals surface area contributed by atoms with E-state index in [4.69, 9.17) is 4.74 Å². The molecule has 1 aromatic carbocycles. The number of aromatic nitrogens is 1. The van der Waals surface area contributed by atoms with E-state index in [2.05, 4.69) is 11.3 Å². The number of ketones is 1. The Morgan fingerprint density at radius 2 is 1.97 bits per heavy atom. The first-order valence-electron chi connectivity index (χ1n) is 9.39. The lowest BCUT2D eigenvalue weighted by atomic mass is 10.1. The van der Waals surface area contributed by atoms with Gasteiger partial charge >= 0.3 is 5.97 Å². The predicted molar refractivity (Wildman–Crippen MR) is 111 cm³/mol. The van der Waals surface area contributed by atoms with Gasteiger partial charge in [-0.2, -0.15) is 0 Å². The number of Topliss-reactive ketones (excluding diaryl/α,β-unsaturated/α-hetero) is 1. The molecule has 1 heterocycles. The largest absolute Gasteiger partial charge is 0.454 e. The molecule has 0 amide bonds. The molecule has 1 aromatic heterocycles. The highest BCUT2D eigenvalue weighted by molar-refractivity contribution is 7.89. The van der Waals surface area contributed by atoms with E-state index < -0.39 is 33.3 Å². The first-order chi connectivity index (χ1) is 14.1. The van der Waals surface area contributed by atoms with E-state index in [1.165, 1.54) is 6.08 Å². The molecular weight excluding hydrogens is 411 g/mol. The first kappa shape index (κ1) is 23.5. The molecule has 0 fully saturated rings. The van der Waals surface area contributed by atoms with Crippen molar-refractivity contribution in [1.82, 2.24) is 9.29 Å². The molecule has 0 atom stereocenters. The highest BCUT2D eigenvalue weighted by atomic mass is 32.2. The van der Waals surface area contributed by atoms with Gasteiger partial charge in [-0.15, -0.1) is 6.58 Å². The van der Waals surface area contributed by atoms with Crippen LogP contribution >= 0.6 is 0 Å². The van der Waals surface area contributed by atoms with Crippen LogP contribution in [-0.4, -0.2) is 37.9 Å². The average molecular weight is 437 g/mol. The number of sulfonamides is 1. The van der Waals surface area contributed by atoms with Crippen LogP contribution in [0.1, 0.15) is 45.4 Å². The molecular formula is C21H25FN2O5S. The summed E-state index contributed by atoms with van der Waals surface area (Å²) in [4.78, 5) is 24.1. The van der Waals surface area contributed by atoms with Crippen LogP contribution in [0.5, 0.6) is 0 Å². The van der Waals surface area contributed by atoms with Crippen LogP contribution in [0.4, 0.5) is 4.39 Å². The third-order valence-electron chi connectivity index (χ3n) is 4.53. The van der Waals surface area contributed by atoms with Crippen LogP contribution in [0, 0.1) is 19.7 Å². The second-order valence-electron chi connectivity index (χ2n) is 6.72. The Morgan fingerprint density at radius 1 is 1.27 bits per heavy atom. The summed E-state index contributed by atoms with van der Waals surface area (Å²) >= 11 is 0. The van der Waals surface area contributed by atoms with E-state index in [1.54, 1.807) is 6.07 Å². The molecule has 2 rings (SSSR count). The smallest absolute Gasteiger partial charge is 0.338 e. The monoisotopic (exact) mass is 436 g/mol. The number of rotatable bonds is 10. The van der Waals surface area contributed by atoms with Gasteiger partial charge in [0.25, 0.3) is 0 Å². The minimum Gasteiger partial charge on any atom is -0.454 e. The third-order valence-corrected chi connectivity index (χ3v) is 5.97. The fraction of sp³-hybridized carbons (Fsp3) is 0.333. The normalized spacial score (nSPS) is 11.3. The molecule has 0 aliphatic heterocycles. The molecule has 1 N–H and O–H groups in total. The summed E-state index contributed by atoms with van der Waals surface area (Å²) in [6.45, 7) is 9.31. The van der Waals surface area contributed by atoms with Gasteiger partial charge in [0.15, 0.2) is 6.61 Å². The standard InChI is InChI=1S/C21H25FN2O5S/c1-5-9-23-30(27,28)20-12-16(7-8-18(20)22)21(26)29-13-19(25)17-11-14(3)24(10-6-2)15(17)4/h5,7-8,11-12,23H,1,6,9-10,13H2,2-4H3. The number of carbonyl (C=O) groups excluding carboxylic acids is 2. The number of aryl methyl sites for hydroxylation is 1. The van der Waals surface area contributed by atoms with Crippen LogP contribution in [-0.2, 0) is 21.3 Å². The van der Waals surface area contributed by atoms with Crippen molar-refractivity contribution < 1.29 is 27.1 Å². The van der Waals surface area contributed by atoms with Crippen LogP contribution in [0.15, 0.2) is 41.8 Å². The van der Waals surface area contributed by atoms with Gasteiger partial charge in [0.05, 0.1) is 5.56 Å². The van der Waals surface area contributed by atoms with Gasteiger partial charge in [0.2, 0.25) is 15.8 Å². The van der Waals surface area contributed by atoms with Crippen molar-refractivity contribution >= 4 is 21.8 Å². The lowest BCUT2D eigenvalue weighted by molar-refractivity contribution is 0.0474. The van der Waals surface area contributed by atoms with Crippen molar-refractivity contribution in [3.05, 3.63) is 65.3 Å². The Morgan fingerprint density at radius 3 is 2.60 bits per heavy atom. The zero-order valence-corrected chi connectivity index (χ0v) is 18.0. The number of hydrogen-bond donors (Lipinski definition) is 1. The quantitative estimate of drug-likeness (QED) is 0.351. The van der Waals surface area contributed by atoms with Crippen molar-refractivity contribution in [3.63, 3.8) is 0 Å². The second kappa shape index (κ2) is 9.82. The van der Waals surface area contributed by atoms with Gasteiger partial charge in [-0.05, 0) is 44.5 Å². The molecule has 0 radical (unpaired) electrons. The fourth-order valence-electron chi connectivity index (χ4n) is 3.03. The number of benzene rings is 1. The number of carbonyl (C=O) groups is 2. The van der Waals surface area contributed by atoms with Crippen LogP contribution in [0.3, 0.4) is 0 Å². The highest BCUT2D eigenvalue weighted by Gasteiger charge is 2.22. The molecule has 0 bridgehead atoms. The molecule has 2 aromatic rings. The minimum atomic E-state index is -4.17. The van der Waals surface area contributed by atoms with Crippen molar-refractivity contribution in [2.45, 2.75) is 38.6 Å². The van der Waals surface area contributed by atoms with Crippen LogP contribution < -0.4 is 4.72 Å². The predicted octanol–water partition coefficient (Wildman–Crippen LogP) is 3.16. The van der Waals surface area contributed by atoms with Gasteiger partial charge < -0.3 is 9.30 Å². The lowest BCUT2D eigenvalue weighted by Crippen LogP contribution is -2.25. The maximum absolute atomic E-state index is 14.0. The molecule has 9 heteroatoms. The van der Waals surface area contributed by atoms with Crippen LogP contribution in [0.2, 0.25) is 0 Å². The summed E-state index contributed by atoms with van der Waals surface area (Å²) in [6.07, 6.45) is 2.22. The van der Waals surface area contributed by atoms with Gasteiger partial charge in [-0.3, -0.25) is 4.79 Å². The average Bonchev–Trinajstić information content (AvgIpc) is 2.99. The van der Waals surface area contributed by atoms with Crippen molar-refractivity contribution in [2.24, 2.45) is 0 Å². The van der Waals surface area contributed by atoms with E-state index in [0.29, 0.717) is 5.56 Å². The number of nitrogens with one attached hydrogen (secondary N) is 1. The summed E-state index contributed by atoms with van der Waals surface area (Å²) in [7, 11) is -4.17. The Kier molecular flexibility index (Phi) is 7.69. The van der Waals surface area contributed by atoms with E-state index in [9.17, 15) is 22.4 Å². The Hall–Kier alpha value is -2.78. The summed E-state index contributed by atoms with van der Waals surface area (Å²) < 4.78 is 47.5. The zero-order valence-electron chi connectivity index (χ0n) is 17.2. The third kappa shape index (κ3) is 5.22. The molecule has 0 aliphatic carbocycles. The van der Waals surface area contributed by atoms with E-state index >= 15 is 0 Å². The second-order valence-corrected chi connectivity index (χ2v) is 8.46. The molecule has 7 nitrogen and oxygen atoms in total. The zero-order chi connectivity index (χ0) is 22.5. The summed E-state index contributed by atoms with van der Waals surface area (Å²) in [5, 5.41) is 0. The van der Waals surface area contributed by atoms with Crippen molar-refractivity contribution in [1.29, 1.82) is 0 Å². The molecule has 0 spiro atoms. The van der Waals surface area contributed by atoms with Gasteiger partial charge in [-0.1, -0.05) is 13.0 Å². The van der Waals surface area contributed by atoms with Crippen molar-refractivity contribution in [3.8, 4) is 0 Å². The summed E-state index contributed by atoms with van der Waals surface area (Å²) in [5.74, 6) is -2.31. The Balaban J connectivity index is 2.15. The number of nitrogens with zero attached hydrogens (tertiary/aromatic N) is 1. The van der Waals surface area contributed by atoms with Crippen LogP contribution in [0.25, 0.3) is 0 Å². The molecule has 0 saturated heterocycles. The lowest BCUT2D eigenvalue weighted by Gasteiger charge is -2.09. The summed E-state index contributed by atoms with van der Waals surface area (Å²) in [6, 6.07) is 4.58. The van der Waals surface area contributed by atoms with Gasteiger partial charge in [0, 0.05) is 30.0 Å². The minimum absolute atomic E-state index is 0.0958. The van der Waals surface area contributed by atoms with E-state index in [1.807, 2.05) is 25.3 Å². The highest BCUT2D eigenvalue weighted by Crippen LogP contribution is 2.19. The number of halogens is 1. The Bertz CT molecular complexity index is 1070. The maximum Gasteiger partial charge on any atom is 0.338 e. The molecule has 30 heavy (non-hydrogen) atoms. The van der Waals surface area contributed by atoms with Crippen molar-refractivity contribution in [2.75, 3.05) is 13.2 Å².